The molecule has 0 aliphatic carbocycles. The lowest BCUT2D eigenvalue weighted by Gasteiger charge is -2.03. The Kier molecular flexibility index (Phi) is 3.10. The zero-order valence-corrected chi connectivity index (χ0v) is 11.3. The second kappa shape index (κ2) is 4.90. The number of hydrogen-bond donors (Lipinski definition) is 0. The molecular weight excluding hydrogens is 256 g/mol. The van der Waals surface area contributed by atoms with Crippen LogP contribution in [-0.4, -0.2) is 9.78 Å². The zero-order chi connectivity index (χ0) is 13.2. The average molecular weight is 269 g/mol. The quantitative estimate of drug-likeness (QED) is 0.669. The van der Waals surface area contributed by atoms with Crippen molar-refractivity contribution < 1.29 is 0 Å². The Morgan fingerprint density at radius 3 is 2.63 bits per heavy atom. The lowest BCUT2D eigenvalue weighted by molar-refractivity contribution is 0.881. The van der Waals surface area contributed by atoms with Gasteiger partial charge in [0.25, 0.3) is 0 Å². The molecule has 0 unspecified atom stereocenters. The van der Waals surface area contributed by atoms with Crippen LogP contribution in [0.25, 0.3) is 16.8 Å². The molecule has 0 amide bonds. The van der Waals surface area contributed by atoms with Crippen LogP contribution in [0.3, 0.4) is 0 Å². The fourth-order valence-corrected chi connectivity index (χ4v) is 2.29. The molecule has 94 valence electrons. The summed E-state index contributed by atoms with van der Waals surface area (Å²) in [7, 11) is 0. The molecule has 0 N–H and O–H groups in total. The lowest BCUT2D eigenvalue weighted by atomic mass is 10.1. The predicted molar refractivity (Wildman–Crippen MR) is 78.7 cm³/mol. The maximum Gasteiger partial charge on any atom is 0.0831 e. The number of halogens is 1. The first kappa shape index (κ1) is 12.0. The van der Waals surface area contributed by atoms with Gasteiger partial charge in [-0.25, -0.2) is 4.68 Å². The largest absolute Gasteiger partial charge is 0.239 e. The van der Waals surface area contributed by atoms with Crippen molar-refractivity contribution >= 4 is 11.6 Å². The Labute approximate surface area is 117 Å². The van der Waals surface area contributed by atoms with E-state index in [-0.39, 0.29) is 0 Å². The minimum Gasteiger partial charge on any atom is -0.239 e. The molecular formula is C16H13ClN2. The van der Waals surface area contributed by atoms with Crippen molar-refractivity contribution in [2.45, 2.75) is 6.92 Å². The van der Waals surface area contributed by atoms with Crippen LogP contribution in [0.15, 0.2) is 60.9 Å². The molecule has 3 heteroatoms. The summed E-state index contributed by atoms with van der Waals surface area (Å²) in [5, 5.41) is 5.08. The third kappa shape index (κ3) is 2.40. The standard InChI is InChI=1S/C16H13ClN2/c1-12-5-4-6-13(9-12)14-10-18-19(11-14)16-8-3-2-7-15(16)17/h2-11H,1H3. The highest BCUT2D eigenvalue weighted by molar-refractivity contribution is 6.32. The van der Waals surface area contributed by atoms with Gasteiger partial charge in [-0.15, -0.1) is 0 Å². The maximum absolute atomic E-state index is 6.18. The van der Waals surface area contributed by atoms with Gasteiger partial charge in [-0.05, 0) is 24.6 Å². The van der Waals surface area contributed by atoms with Gasteiger partial charge in [-0.3, -0.25) is 0 Å². The molecule has 0 fully saturated rings. The van der Waals surface area contributed by atoms with Crippen LogP contribution in [-0.2, 0) is 0 Å². The molecule has 3 aromatic rings. The highest BCUT2D eigenvalue weighted by atomic mass is 35.5. The van der Waals surface area contributed by atoms with E-state index in [2.05, 4.69) is 36.3 Å². The van der Waals surface area contributed by atoms with E-state index in [4.69, 9.17) is 11.6 Å². The van der Waals surface area contributed by atoms with Gasteiger partial charge < -0.3 is 0 Å². The van der Waals surface area contributed by atoms with Crippen LogP contribution in [0, 0.1) is 6.92 Å². The zero-order valence-electron chi connectivity index (χ0n) is 10.5. The van der Waals surface area contributed by atoms with Crippen LogP contribution in [0.5, 0.6) is 0 Å². The Balaban J connectivity index is 2.03. The van der Waals surface area contributed by atoms with E-state index < -0.39 is 0 Å². The van der Waals surface area contributed by atoms with Crippen molar-refractivity contribution in [3.63, 3.8) is 0 Å². The summed E-state index contributed by atoms with van der Waals surface area (Å²) in [5.74, 6) is 0. The molecule has 0 bridgehead atoms. The number of rotatable bonds is 2. The monoisotopic (exact) mass is 268 g/mol. The van der Waals surface area contributed by atoms with Gasteiger partial charge in [0.15, 0.2) is 0 Å². The van der Waals surface area contributed by atoms with Gasteiger partial charge in [0.05, 0.1) is 16.9 Å². The first-order valence-electron chi connectivity index (χ1n) is 6.11. The van der Waals surface area contributed by atoms with Crippen LogP contribution >= 0.6 is 11.6 Å². The van der Waals surface area contributed by atoms with Crippen molar-refractivity contribution in [2.75, 3.05) is 0 Å². The molecule has 0 saturated carbocycles. The van der Waals surface area contributed by atoms with Crippen LogP contribution in [0.2, 0.25) is 5.02 Å². The first-order valence-corrected chi connectivity index (χ1v) is 6.48. The van der Waals surface area contributed by atoms with Gasteiger partial charge in [-0.2, -0.15) is 5.10 Å². The second-order valence-electron chi connectivity index (χ2n) is 4.49. The molecule has 2 nitrogen and oxygen atoms in total. The molecule has 0 saturated heterocycles. The molecule has 0 radical (unpaired) electrons. The molecule has 1 aromatic heterocycles. The van der Waals surface area contributed by atoms with Gasteiger partial charge in [0.1, 0.15) is 0 Å². The Bertz CT molecular complexity index is 716. The maximum atomic E-state index is 6.18. The normalized spacial score (nSPS) is 10.6. The summed E-state index contributed by atoms with van der Waals surface area (Å²) in [6.45, 7) is 2.09. The minimum atomic E-state index is 0.696. The highest BCUT2D eigenvalue weighted by Crippen LogP contribution is 2.24. The fraction of sp³-hybridized carbons (Fsp3) is 0.0625. The van der Waals surface area contributed by atoms with Crippen LogP contribution in [0.1, 0.15) is 5.56 Å². The highest BCUT2D eigenvalue weighted by Gasteiger charge is 2.05. The van der Waals surface area contributed by atoms with E-state index in [1.54, 1.807) is 4.68 Å². The predicted octanol–water partition coefficient (Wildman–Crippen LogP) is 4.50. The molecule has 0 spiro atoms. The van der Waals surface area contributed by atoms with Gasteiger partial charge in [-0.1, -0.05) is 53.6 Å². The lowest BCUT2D eigenvalue weighted by Crippen LogP contribution is -1.94. The van der Waals surface area contributed by atoms with Crippen LogP contribution in [0.4, 0.5) is 0 Å². The number of nitrogens with zero attached hydrogens (tertiary/aromatic N) is 2. The van der Waals surface area contributed by atoms with Gasteiger partial charge >= 0.3 is 0 Å². The first-order chi connectivity index (χ1) is 9.24. The van der Waals surface area contributed by atoms with Crippen molar-refractivity contribution in [1.29, 1.82) is 0 Å². The SMILES string of the molecule is Cc1cccc(-c2cnn(-c3ccccc3Cl)c2)c1. The number of aryl methyl sites for hydroxylation is 1. The smallest absolute Gasteiger partial charge is 0.0831 e. The number of hydrogen-bond acceptors (Lipinski definition) is 1. The van der Waals surface area contributed by atoms with E-state index in [1.165, 1.54) is 11.1 Å². The molecule has 1 heterocycles. The molecule has 19 heavy (non-hydrogen) atoms. The van der Waals surface area contributed by atoms with E-state index in [0.717, 1.165) is 11.3 Å². The molecule has 0 aliphatic rings. The minimum absolute atomic E-state index is 0.696. The topological polar surface area (TPSA) is 17.8 Å². The Hall–Kier alpha value is -2.06. The fourth-order valence-electron chi connectivity index (χ4n) is 2.07. The average Bonchev–Trinajstić information content (AvgIpc) is 2.89. The number of benzene rings is 2. The van der Waals surface area contributed by atoms with Gasteiger partial charge in [0.2, 0.25) is 0 Å². The summed E-state index contributed by atoms with van der Waals surface area (Å²) in [6.07, 6.45) is 3.86. The summed E-state index contributed by atoms with van der Waals surface area (Å²) >= 11 is 6.18. The van der Waals surface area contributed by atoms with E-state index in [1.807, 2.05) is 36.7 Å². The van der Waals surface area contributed by atoms with E-state index in [9.17, 15) is 0 Å². The van der Waals surface area contributed by atoms with Crippen molar-refractivity contribution in [3.05, 3.63) is 71.5 Å². The molecule has 2 aromatic carbocycles. The van der Waals surface area contributed by atoms with E-state index in [0.29, 0.717) is 5.02 Å². The number of para-hydroxylation sites is 1. The molecule has 0 aliphatic heterocycles. The third-order valence-electron chi connectivity index (χ3n) is 3.03. The van der Waals surface area contributed by atoms with E-state index >= 15 is 0 Å². The van der Waals surface area contributed by atoms with Crippen molar-refractivity contribution in [2.24, 2.45) is 0 Å². The third-order valence-corrected chi connectivity index (χ3v) is 3.35. The number of aromatic nitrogens is 2. The second-order valence-corrected chi connectivity index (χ2v) is 4.90. The molecule has 0 atom stereocenters. The summed E-state index contributed by atoms with van der Waals surface area (Å²) in [5.41, 5.74) is 4.38. The summed E-state index contributed by atoms with van der Waals surface area (Å²) < 4.78 is 1.81. The van der Waals surface area contributed by atoms with Crippen LogP contribution < -0.4 is 0 Å². The van der Waals surface area contributed by atoms with Gasteiger partial charge in [0, 0.05) is 11.8 Å². The summed E-state index contributed by atoms with van der Waals surface area (Å²) in [4.78, 5) is 0. The molecule has 3 rings (SSSR count). The van der Waals surface area contributed by atoms with Crippen molar-refractivity contribution in [1.82, 2.24) is 9.78 Å². The summed E-state index contributed by atoms with van der Waals surface area (Å²) in [6, 6.07) is 16.1. The van der Waals surface area contributed by atoms with Crippen molar-refractivity contribution in [3.8, 4) is 16.8 Å². The Morgan fingerprint density at radius 1 is 1.00 bits per heavy atom. The Morgan fingerprint density at radius 2 is 1.84 bits per heavy atom.